The van der Waals surface area contributed by atoms with Crippen LogP contribution in [0.25, 0.3) is 10.9 Å². The average molecular weight is 401 g/mol. The number of rotatable bonds is 7. The van der Waals surface area contributed by atoms with Gasteiger partial charge in [-0.05, 0) is 31.0 Å². The van der Waals surface area contributed by atoms with E-state index >= 15 is 0 Å². The first-order valence-corrected chi connectivity index (χ1v) is 9.92. The minimum absolute atomic E-state index is 0.0856. The summed E-state index contributed by atoms with van der Waals surface area (Å²) in [5.41, 5.74) is 2.55. The first-order chi connectivity index (χ1) is 14.6. The molecule has 0 saturated carbocycles. The summed E-state index contributed by atoms with van der Waals surface area (Å²) in [7, 11) is 0. The number of hydrogen-bond acceptors (Lipinski definition) is 4. The van der Waals surface area contributed by atoms with E-state index in [1.807, 2.05) is 61.5 Å². The predicted octanol–water partition coefficient (Wildman–Crippen LogP) is 3.37. The number of aryl methyl sites for hydroxylation is 2. The SMILES string of the molecule is Cc1cc(NC(=O)CCCn2cnc3ccccc3c2=O)n(Cc2ccccc2)n1. The number of benzene rings is 2. The molecule has 0 spiro atoms. The molecule has 4 rings (SSSR count). The van der Waals surface area contributed by atoms with E-state index in [0.29, 0.717) is 42.7 Å². The van der Waals surface area contributed by atoms with Crippen LogP contribution in [0.2, 0.25) is 0 Å². The van der Waals surface area contributed by atoms with E-state index in [1.54, 1.807) is 21.6 Å². The summed E-state index contributed by atoms with van der Waals surface area (Å²) in [6.07, 6.45) is 2.38. The van der Waals surface area contributed by atoms with Crippen LogP contribution in [-0.2, 0) is 17.9 Å². The van der Waals surface area contributed by atoms with E-state index in [1.165, 1.54) is 0 Å². The monoisotopic (exact) mass is 401 g/mol. The highest BCUT2D eigenvalue weighted by Crippen LogP contribution is 2.14. The highest BCUT2D eigenvalue weighted by atomic mass is 16.1. The smallest absolute Gasteiger partial charge is 0.261 e. The van der Waals surface area contributed by atoms with Gasteiger partial charge in [0.15, 0.2) is 0 Å². The number of nitrogens with one attached hydrogen (secondary N) is 1. The van der Waals surface area contributed by atoms with Crippen molar-refractivity contribution in [1.82, 2.24) is 19.3 Å². The molecule has 0 atom stereocenters. The maximum Gasteiger partial charge on any atom is 0.261 e. The summed E-state index contributed by atoms with van der Waals surface area (Å²) in [5.74, 6) is 0.567. The summed E-state index contributed by atoms with van der Waals surface area (Å²) in [6.45, 7) is 2.92. The van der Waals surface area contributed by atoms with Crippen molar-refractivity contribution in [3.63, 3.8) is 0 Å². The topological polar surface area (TPSA) is 81.8 Å². The fraction of sp³-hybridized carbons (Fsp3) is 0.217. The van der Waals surface area contributed by atoms with E-state index in [-0.39, 0.29) is 11.5 Å². The Bertz CT molecular complexity index is 1230. The van der Waals surface area contributed by atoms with Gasteiger partial charge in [-0.1, -0.05) is 42.5 Å². The second kappa shape index (κ2) is 8.73. The standard InChI is InChI=1S/C23H23N5O2/c1-17-14-21(28(26-17)15-18-8-3-2-4-9-18)25-22(29)12-7-13-27-16-24-20-11-6-5-10-19(20)23(27)30/h2-6,8-11,14,16H,7,12-13,15H2,1H3,(H,25,29). The van der Waals surface area contributed by atoms with Crippen molar-refractivity contribution in [2.75, 3.05) is 5.32 Å². The summed E-state index contributed by atoms with van der Waals surface area (Å²) < 4.78 is 3.35. The van der Waals surface area contributed by atoms with E-state index in [4.69, 9.17) is 0 Å². The molecule has 1 amide bonds. The van der Waals surface area contributed by atoms with Gasteiger partial charge in [0, 0.05) is 19.0 Å². The molecule has 0 radical (unpaired) electrons. The molecule has 0 aliphatic rings. The third kappa shape index (κ3) is 4.46. The molecular weight excluding hydrogens is 378 g/mol. The van der Waals surface area contributed by atoms with Crippen LogP contribution in [0, 0.1) is 6.92 Å². The van der Waals surface area contributed by atoms with Crippen molar-refractivity contribution in [1.29, 1.82) is 0 Å². The Kier molecular flexibility index (Phi) is 5.70. The van der Waals surface area contributed by atoms with E-state index < -0.39 is 0 Å². The van der Waals surface area contributed by atoms with Crippen LogP contribution >= 0.6 is 0 Å². The van der Waals surface area contributed by atoms with Gasteiger partial charge in [0.2, 0.25) is 5.91 Å². The van der Waals surface area contributed by atoms with Crippen molar-refractivity contribution in [3.05, 3.63) is 88.6 Å². The summed E-state index contributed by atoms with van der Waals surface area (Å²) in [6, 6.07) is 19.1. The van der Waals surface area contributed by atoms with E-state index in [0.717, 1.165) is 11.3 Å². The number of hydrogen-bond donors (Lipinski definition) is 1. The molecule has 152 valence electrons. The minimum atomic E-state index is -0.106. The number of fused-ring (bicyclic) bond motifs is 1. The van der Waals surface area contributed by atoms with Crippen molar-refractivity contribution in [2.24, 2.45) is 0 Å². The summed E-state index contributed by atoms with van der Waals surface area (Å²) in [5, 5.41) is 8.00. The number of aromatic nitrogens is 4. The van der Waals surface area contributed by atoms with Crippen LogP contribution in [0.1, 0.15) is 24.1 Å². The third-order valence-electron chi connectivity index (χ3n) is 4.88. The van der Waals surface area contributed by atoms with Crippen LogP contribution in [0.5, 0.6) is 0 Å². The Morgan fingerprint density at radius 1 is 1.07 bits per heavy atom. The van der Waals surface area contributed by atoms with E-state index in [9.17, 15) is 9.59 Å². The maximum absolute atomic E-state index is 12.5. The molecule has 7 nitrogen and oxygen atoms in total. The molecule has 0 aliphatic carbocycles. The van der Waals surface area contributed by atoms with Crippen molar-refractivity contribution in [2.45, 2.75) is 32.9 Å². The van der Waals surface area contributed by atoms with Gasteiger partial charge in [0.05, 0.1) is 29.5 Å². The minimum Gasteiger partial charge on any atom is -0.311 e. The first-order valence-electron chi connectivity index (χ1n) is 9.92. The Morgan fingerprint density at radius 2 is 1.83 bits per heavy atom. The summed E-state index contributed by atoms with van der Waals surface area (Å²) in [4.78, 5) is 29.3. The molecule has 0 aliphatic heterocycles. The van der Waals surface area contributed by atoms with Gasteiger partial charge in [-0.25, -0.2) is 9.67 Å². The zero-order chi connectivity index (χ0) is 20.9. The Labute approximate surface area is 174 Å². The largest absolute Gasteiger partial charge is 0.311 e. The van der Waals surface area contributed by atoms with Crippen LogP contribution in [0.3, 0.4) is 0 Å². The molecule has 0 fully saturated rings. The molecule has 0 bridgehead atoms. The zero-order valence-electron chi connectivity index (χ0n) is 16.8. The lowest BCUT2D eigenvalue weighted by Gasteiger charge is -2.10. The third-order valence-corrected chi connectivity index (χ3v) is 4.88. The fourth-order valence-corrected chi connectivity index (χ4v) is 3.40. The lowest BCUT2D eigenvalue weighted by atomic mass is 10.2. The van der Waals surface area contributed by atoms with Gasteiger partial charge >= 0.3 is 0 Å². The Morgan fingerprint density at radius 3 is 2.67 bits per heavy atom. The number of nitrogens with zero attached hydrogens (tertiary/aromatic N) is 4. The van der Waals surface area contributed by atoms with Crippen molar-refractivity contribution in [3.8, 4) is 0 Å². The normalized spacial score (nSPS) is 11.0. The quantitative estimate of drug-likeness (QED) is 0.515. The molecule has 0 unspecified atom stereocenters. The predicted molar refractivity (Wildman–Crippen MR) is 116 cm³/mol. The molecule has 7 heteroatoms. The lowest BCUT2D eigenvalue weighted by Crippen LogP contribution is -2.22. The van der Waals surface area contributed by atoms with Crippen molar-refractivity contribution < 1.29 is 4.79 Å². The van der Waals surface area contributed by atoms with Gasteiger partial charge in [0.25, 0.3) is 5.56 Å². The highest BCUT2D eigenvalue weighted by Gasteiger charge is 2.10. The molecule has 2 aromatic heterocycles. The Balaban J connectivity index is 1.37. The molecule has 1 N–H and O–H groups in total. The van der Waals surface area contributed by atoms with Crippen LogP contribution in [-0.4, -0.2) is 25.2 Å². The van der Waals surface area contributed by atoms with Gasteiger partial charge in [-0.2, -0.15) is 5.10 Å². The molecule has 2 aromatic carbocycles. The maximum atomic E-state index is 12.5. The number of amides is 1. The molecular formula is C23H23N5O2. The second-order valence-electron chi connectivity index (χ2n) is 7.23. The molecule has 4 aromatic rings. The van der Waals surface area contributed by atoms with E-state index in [2.05, 4.69) is 15.4 Å². The van der Waals surface area contributed by atoms with Crippen LogP contribution in [0.15, 0.2) is 71.8 Å². The average Bonchev–Trinajstić information content (AvgIpc) is 3.09. The number of para-hydroxylation sites is 1. The lowest BCUT2D eigenvalue weighted by molar-refractivity contribution is -0.116. The molecule has 2 heterocycles. The van der Waals surface area contributed by atoms with Gasteiger partial charge in [-0.3, -0.25) is 14.2 Å². The number of anilines is 1. The van der Waals surface area contributed by atoms with Crippen LogP contribution < -0.4 is 10.9 Å². The number of carbonyl (C=O) groups excluding carboxylic acids is 1. The fourth-order valence-electron chi connectivity index (χ4n) is 3.40. The highest BCUT2D eigenvalue weighted by molar-refractivity contribution is 5.89. The molecule has 30 heavy (non-hydrogen) atoms. The molecule has 0 saturated heterocycles. The summed E-state index contributed by atoms with van der Waals surface area (Å²) >= 11 is 0. The van der Waals surface area contributed by atoms with Gasteiger partial charge in [0.1, 0.15) is 5.82 Å². The second-order valence-corrected chi connectivity index (χ2v) is 7.23. The number of carbonyl (C=O) groups is 1. The first kappa shape index (κ1) is 19.6. The van der Waals surface area contributed by atoms with Crippen molar-refractivity contribution >= 4 is 22.6 Å². The Hall–Kier alpha value is -3.74. The zero-order valence-corrected chi connectivity index (χ0v) is 16.8. The van der Waals surface area contributed by atoms with Crippen LogP contribution in [0.4, 0.5) is 5.82 Å². The van der Waals surface area contributed by atoms with Gasteiger partial charge < -0.3 is 5.32 Å². The van der Waals surface area contributed by atoms with Gasteiger partial charge in [-0.15, -0.1) is 0 Å².